The van der Waals surface area contributed by atoms with Crippen LogP contribution >= 0.6 is 0 Å². The Morgan fingerprint density at radius 2 is 2.09 bits per heavy atom. The van der Waals surface area contributed by atoms with Gasteiger partial charge in [0.1, 0.15) is 0 Å². The Morgan fingerprint density at radius 1 is 1.39 bits per heavy atom. The van der Waals surface area contributed by atoms with Gasteiger partial charge in [-0.1, -0.05) is 31.2 Å². The molecule has 1 aliphatic heterocycles. The third-order valence-corrected chi connectivity index (χ3v) is 4.56. The third kappa shape index (κ3) is 4.41. The zero-order valence-electron chi connectivity index (χ0n) is 13.7. The summed E-state index contributed by atoms with van der Waals surface area (Å²) in [6, 6.07) is 6.80. The maximum absolute atomic E-state index is 11.7. The number of carbonyl (C=O) groups excluding carboxylic acids is 2. The molecule has 0 aliphatic carbocycles. The van der Waals surface area contributed by atoms with Crippen LogP contribution in [-0.4, -0.2) is 43.1 Å². The first-order valence-corrected chi connectivity index (χ1v) is 8.04. The van der Waals surface area contributed by atoms with Gasteiger partial charge in [-0.05, 0) is 29.9 Å². The van der Waals surface area contributed by atoms with Crippen LogP contribution in [0.1, 0.15) is 48.0 Å². The van der Waals surface area contributed by atoms with E-state index in [0.717, 1.165) is 31.5 Å². The van der Waals surface area contributed by atoms with Crippen molar-refractivity contribution in [1.29, 1.82) is 0 Å². The Labute approximate surface area is 137 Å². The van der Waals surface area contributed by atoms with Crippen molar-refractivity contribution in [2.24, 2.45) is 10.9 Å². The van der Waals surface area contributed by atoms with E-state index in [2.05, 4.69) is 11.9 Å². The highest BCUT2D eigenvalue weighted by molar-refractivity contribution is 5.85. The molecular weight excluding hydrogens is 292 g/mol. The summed E-state index contributed by atoms with van der Waals surface area (Å²) in [4.78, 5) is 28.6. The summed E-state index contributed by atoms with van der Waals surface area (Å²) in [5.41, 5.74) is 1.25. The van der Waals surface area contributed by atoms with Gasteiger partial charge in [-0.2, -0.15) is 0 Å². The van der Waals surface area contributed by atoms with Gasteiger partial charge in [0.05, 0.1) is 5.97 Å². The Morgan fingerprint density at radius 3 is 2.61 bits per heavy atom. The highest BCUT2D eigenvalue weighted by Gasteiger charge is 2.23. The minimum absolute atomic E-state index is 0.185. The van der Waals surface area contributed by atoms with Crippen LogP contribution in [-0.2, 0) is 4.79 Å². The average Bonchev–Trinajstić information content (AvgIpc) is 2.96. The molecule has 1 aliphatic rings. The van der Waals surface area contributed by atoms with E-state index in [1.165, 1.54) is 0 Å². The number of aromatic carboxylic acids is 1. The summed E-state index contributed by atoms with van der Waals surface area (Å²) in [7, 11) is 1.75. The van der Waals surface area contributed by atoms with E-state index in [1.807, 2.05) is 23.2 Å². The van der Waals surface area contributed by atoms with Crippen molar-refractivity contribution in [3.8, 4) is 0 Å². The highest BCUT2D eigenvalue weighted by Crippen LogP contribution is 2.27. The molecule has 5 nitrogen and oxygen atoms in total. The number of likely N-dealkylation sites (tertiary alicyclic amines) is 1. The van der Waals surface area contributed by atoms with Crippen LogP contribution in [0.5, 0.6) is 0 Å². The third-order valence-electron chi connectivity index (χ3n) is 4.56. The van der Waals surface area contributed by atoms with Crippen molar-refractivity contribution in [2.45, 2.75) is 32.1 Å². The minimum Gasteiger partial charge on any atom is -0.545 e. The number of benzene rings is 1. The Hall–Kier alpha value is -2.17. The van der Waals surface area contributed by atoms with E-state index in [4.69, 9.17) is 0 Å². The molecule has 1 aromatic rings. The van der Waals surface area contributed by atoms with Gasteiger partial charge < -0.3 is 19.8 Å². The topological polar surface area (TPSA) is 72.8 Å². The lowest BCUT2D eigenvalue weighted by molar-refractivity contribution is -0.255. The average molecular weight is 315 g/mol. The second-order valence-electron chi connectivity index (χ2n) is 6.04. The maximum Gasteiger partial charge on any atom is 0.222 e. The number of rotatable bonds is 7. The van der Waals surface area contributed by atoms with Crippen LogP contribution in [0.4, 0.5) is 0 Å². The second kappa shape index (κ2) is 7.90. The summed E-state index contributed by atoms with van der Waals surface area (Å²) >= 11 is 0. The SMILES string of the molecule is CN=CC(CCN1CCCC1=O)C(C)c1ccc(C(=O)[O-])cc1. The van der Waals surface area contributed by atoms with E-state index < -0.39 is 5.97 Å². The van der Waals surface area contributed by atoms with Crippen LogP contribution in [0, 0.1) is 5.92 Å². The fourth-order valence-corrected chi connectivity index (χ4v) is 3.06. The number of aliphatic imine (C=N–C) groups is 1. The molecule has 23 heavy (non-hydrogen) atoms. The van der Waals surface area contributed by atoms with Crippen LogP contribution in [0.3, 0.4) is 0 Å². The van der Waals surface area contributed by atoms with Gasteiger partial charge in [-0.25, -0.2) is 0 Å². The van der Waals surface area contributed by atoms with Gasteiger partial charge in [0.15, 0.2) is 0 Å². The van der Waals surface area contributed by atoms with Gasteiger partial charge in [0.25, 0.3) is 0 Å². The van der Waals surface area contributed by atoms with Gasteiger partial charge in [0, 0.05) is 38.7 Å². The number of nitrogens with zero attached hydrogens (tertiary/aromatic N) is 2. The van der Waals surface area contributed by atoms with Crippen LogP contribution in [0.25, 0.3) is 0 Å². The van der Waals surface area contributed by atoms with Crippen molar-refractivity contribution >= 4 is 18.1 Å². The van der Waals surface area contributed by atoms with Crippen molar-refractivity contribution < 1.29 is 14.7 Å². The lowest BCUT2D eigenvalue weighted by Gasteiger charge is -2.24. The Kier molecular flexibility index (Phi) is 5.90. The maximum atomic E-state index is 11.7. The first-order valence-electron chi connectivity index (χ1n) is 8.04. The molecule has 1 heterocycles. The summed E-state index contributed by atoms with van der Waals surface area (Å²) < 4.78 is 0. The van der Waals surface area contributed by atoms with Crippen molar-refractivity contribution in [1.82, 2.24) is 4.90 Å². The summed E-state index contributed by atoms with van der Waals surface area (Å²) in [5.74, 6) is -0.513. The smallest absolute Gasteiger partial charge is 0.222 e. The van der Waals surface area contributed by atoms with E-state index in [0.29, 0.717) is 6.42 Å². The Bertz CT molecular complexity index is 580. The molecule has 0 aromatic heterocycles. The van der Waals surface area contributed by atoms with E-state index in [-0.39, 0.29) is 23.3 Å². The predicted molar refractivity (Wildman–Crippen MR) is 87.5 cm³/mol. The van der Waals surface area contributed by atoms with Crippen molar-refractivity contribution in [2.75, 3.05) is 20.1 Å². The fraction of sp³-hybridized carbons (Fsp3) is 0.500. The van der Waals surface area contributed by atoms with Crippen LogP contribution in [0.15, 0.2) is 29.3 Å². The van der Waals surface area contributed by atoms with E-state index >= 15 is 0 Å². The van der Waals surface area contributed by atoms with Gasteiger partial charge >= 0.3 is 0 Å². The first-order chi connectivity index (χ1) is 11.0. The Balaban J connectivity index is 2.03. The zero-order chi connectivity index (χ0) is 16.8. The quantitative estimate of drug-likeness (QED) is 0.715. The van der Waals surface area contributed by atoms with Crippen LogP contribution in [0.2, 0.25) is 0 Å². The summed E-state index contributed by atoms with van der Waals surface area (Å²) in [5, 5.41) is 10.8. The highest BCUT2D eigenvalue weighted by atomic mass is 16.4. The number of amides is 1. The molecule has 0 N–H and O–H groups in total. The zero-order valence-corrected chi connectivity index (χ0v) is 13.7. The molecule has 1 aromatic carbocycles. The molecule has 1 amide bonds. The number of carboxylic acid groups (broad SMARTS) is 1. The molecule has 2 unspecified atom stereocenters. The van der Waals surface area contributed by atoms with E-state index in [9.17, 15) is 14.7 Å². The first kappa shape index (κ1) is 17.2. The molecule has 0 saturated carbocycles. The molecule has 0 spiro atoms. The molecule has 2 rings (SSSR count). The van der Waals surface area contributed by atoms with Crippen LogP contribution < -0.4 is 5.11 Å². The molecule has 124 valence electrons. The molecule has 2 atom stereocenters. The second-order valence-corrected chi connectivity index (χ2v) is 6.04. The number of carboxylic acids is 1. The predicted octanol–water partition coefficient (Wildman–Crippen LogP) is 1.48. The number of hydrogen-bond acceptors (Lipinski definition) is 4. The molecule has 1 fully saturated rings. The van der Waals surface area contributed by atoms with Crippen molar-refractivity contribution in [3.05, 3.63) is 35.4 Å². The molecule has 0 bridgehead atoms. The largest absolute Gasteiger partial charge is 0.545 e. The molecule has 0 radical (unpaired) electrons. The minimum atomic E-state index is -1.16. The standard InChI is InChI=1S/C18H24N2O3/c1-13(14-5-7-15(8-6-14)18(22)23)16(12-19-2)9-11-20-10-3-4-17(20)21/h5-8,12-13,16H,3-4,9-11H2,1-2H3,(H,22,23)/p-1. The van der Waals surface area contributed by atoms with Crippen molar-refractivity contribution in [3.63, 3.8) is 0 Å². The monoisotopic (exact) mass is 315 g/mol. The molecular formula is C18H23N2O3-. The van der Waals surface area contributed by atoms with E-state index in [1.54, 1.807) is 19.2 Å². The normalized spacial score (nSPS) is 17.7. The lowest BCUT2D eigenvalue weighted by atomic mass is 9.85. The lowest BCUT2D eigenvalue weighted by Crippen LogP contribution is -2.28. The molecule has 1 saturated heterocycles. The molecule has 5 heteroatoms. The van der Waals surface area contributed by atoms with Gasteiger partial charge in [-0.3, -0.25) is 4.79 Å². The van der Waals surface area contributed by atoms with Gasteiger partial charge in [0.2, 0.25) is 5.91 Å². The fourth-order valence-electron chi connectivity index (χ4n) is 3.06. The van der Waals surface area contributed by atoms with Gasteiger partial charge in [-0.15, -0.1) is 0 Å². The number of carbonyl (C=O) groups is 2. The number of hydrogen-bond donors (Lipinski definition) is 0. The summed E-state index contributed by atoms with van der Waals surface area (Å²) in [6.45, 7) is 3.70. The summed E-state index contributed by atoms with van der Waals surface area (Å²) in [6.07, 6.45) is 4.39.